The molecule has 0 spiro atoms. The Morgan fingerprint density at radius 2 is 1.58 bits per heavy atom. The highest BCUT2D eigenvalue weighted by Gasteiger charge is 2.43. The van der Waals surface area contributed by atoms with Gasteiger partial charge in [-0.1, -0.05) is 24.6 Å². The van der Waals surface area contributed by atoms with Crippen LogP contribution in [0, 0.1) is 23.2 Å². The van der Waals surface area contributed by atoms with Crippen molar-refractivity contribution >= 4 is 10.8 Å². The van der Waals surface area contributed by atoms with Crippen LogP contribution in [0.4, 0.5) is 26.3 Å². The highest BCUT2D eigenvalue weighted by molar-refractivity contribution is 5.89. The van der Waals surface area contributed by atoms with Crippen molar-refractivity contribution in [2.75, 3.05) is 0 Å². The highest BCUT2D eigenvalue weighted by Crippen LogP contribution is 2.46. The van der Waals surface area contributed by atoms with Gasteiger partial charge in [0.2, 0.25) is 0 Å². The summed E-state index contributed by atoms with van der Waals surface area (Å²) in [7, 11) is 0. The van der Waals surface area contributed by atoms with Crippen molar-refractivity contribution in [2.45, 2.75) is 101 Å². The van der Waals surface area contributed by atoms with Gasteiger partial charge in [0, 0.05) is 24.0 Å². The van der Waals surface area contributed by atoms with Gasteiger partial charge in [-0.05, 0) is 86.8 Å². The number of hydrogen-bond acceptors (Lipinski definition) is 3. The minimum atomic E-state index is -4.68. The Morgan fingerprint density at radius 3 is 2.16 bits per heavy atom. The molecule has 3 atom stereocenters. The lowest BCUT2D eigenvalue weighted by Crippen LogP contribution is -2.52. The first-order valence-corrected chi connectivity index (χ1v) is 13.5. The third-order valence-electron chi connectivity index (χ3n) is 8.86. The van der Waals surface area contributed by atoms with Crippen LogP contribution in [-0.4, -0.2) is 29.3 Å². The number of benzene rings is 2. The van der Waals surface area contributed by atoms with Gasteiger partial charge in [-0.25, -0.2) is 0 Å². The average Bonchev–Trinajstić information content (AvgIpc) is 2.86. The molecule has 38 heavy (non-hydrogen) atoms. The maximum Gasteiger partial charge on any atom is 0.420 e. The number of piperidine rings is 2. The van der Waals surface area contributed by atoms with E-state index in [2.05, 4.69) is 17.9 Å². The summed E-state index contributed by atoms with van der Waals surface area (Å²) < 4.78 is 87.5. The smallest absolute Gasteiger partial charge is 0.420 e. The summed E-state index contributed by atoms with van der Waals surface area (Å²) in [4.78, 5) is 2.46. The zero-order valence-electron chi connectivity index (χ0n) is 21.3. The van der Waals surface area contributed by atoms with Gasteiger partial charge in [-0.3, -0.25) is 4.90 Å². The average molecular weight is 539 g/mol. The fraction of sp³-hybridized carbons (Fsp3) is 0.621. The predicted molar refractivity (Wildman–Crippen MR) is 131 cm³/mol. The first-order valence-electron chi connectivity index (χ1n) is 13.5. The lowest BCUT2D eigenvalue weighted by Gasteiger charge is -2.50. The van der Waals surface area contributed by atoms with Crippen molar-refractivity contribution in [3.05, 3.63) is 41.5 Å². The van der Waals surface area contributed by atoms with Gasteiger partial charge >= 0.3 is 12.4 Å². The van der Waals surface area contributed by atoms with Gasteiger partial charge in [-0.15, -0.1) is 0 Å². The van der Waals surface area contributed by atoms with E-state index in [-0.39, 0.29) is 48.8 Å². The van der Waals surface area contributed by atoms with Gasteiger partial charge in [-0.2, -0.15) is 31.6 Å². The molecule has 2 saturated heterocycles. The molecule has 0 aromatic heterocycles. The van der Waals surface area contributed by atoms with Crippen molar-refractivity contribution in [1.29, 1.82) is 5.26 Å². The van der Waals surface area contributed by atoms with Crippen molar-refractivity contribution in [1.82, 2.24) is 4.90 Å². The van der Waals surface area contributed by atoms with E-state index in [1.165, 1.54) is 12.1 Å². The second-order valence-electron chi connectivity index (χ2n) is 11.2. The zero-order valence-corrected chi connectivity index (χ0v) is 21.3. The van der Waals surface area contributed by atoms with E-state index < -0.39 is 29.9 Å². The third kappa shape index (κ3) is 5.34. The van der Waals surface area contributed by atoms with E-state index >= 15 is 0 Å². The number of fused-ring (bicyclic) bond motifs is 3. The van der Waals surface area contributed by atoms with Gasteiger partial charge in [0.05, 0.1) is 18.1 Å². The second-order valence-corrected chi connectivity index (χ2v) is 11.2. The fourth-order valence-electron chi connectivity index (χ4n) is 6.99. The van der Waals surface area contributed by atoms with Crippen LogP contribution >= 0.6 is 0 Å². The standard InChI is InChI=1S/C29H32F6N2O/c1-17(37-22-3-2-4-23(37)14-18(13-22)16-36)19-5-11-25-20(15-19)6-12-26(27(25)29(33,34)35)38-24-9-7-21(8-10-24)28(30,31)32/h5-6,11-12,15,17-18,21-24H,2-4,7-10,13-14H2,1H3. The number of ether oxygens (including phenoxy) is 1. The van der Waals surface area contributed by atoms with Crippen molar-refractivity contribution < 1.29 is 31.1 Å². The summed E-state index contributed by atoms with van der Waals surface area (Å²) in [6, 6.07) is 11.0. The molecule has 2 bridgehead atoms. The topological polar surface area (TPSA) is 36.3 Å². The molecular weight excluding hydrogens is 506 g/mol. The number of nitrogens with zero attached hydrogens (tertiary/aromatic N) is 2. The van der Waals surface area contributed by atoms with Crippen molar-refractivity contribution in [3.8, 4) is 11.8 Å². The van der Waals surface area contributed by atoms with E-state index in [0.29, 0.717) is 17.5 Å². The second kappa shape index (κ2) is 10.3. The molecule has 1 saturated carbocycles. The fourth-order valence-corrected chi connectivity index (χ4v) is 6.99. The Balaban J connectivity index is 1.40. The molecule has 1 aliphatic carbocycles. The molecule has 3 aliphatic rings. The van der Waals surface area contributed by atoms with E-state index in [4.69, 9.17) is 4.74 Å². The minimum absolute atomic E-state index is 0.00317. The summed E-state index contributed by atoms with van der Waals surface area (Å²) in [6.07, 6.45) is -4.95. The molecule has 2 aliphatic heterocycles. The number of rotatable bonds is 4. The predicted octanol–water partition coefficient (Wildman–Crippen LogP) is 8.58. The van der Waals surface area contributed by atoms with Crippen LogP contribution in [0.2, 0.25) is 0 Å². The molecule has 206 valence electrons. The summed E-state index contributed by atoms with van der Waals surface area (Å²) >= 11 is 0. The van der Waals surface area contributed by atoms with E-state index in [1.54, 1.807) is 18.2 Å². The van der Waals surface area contributed by atoms with Crippen molar-refractivity contribution in [3.63, 3.8) is 0 Å². The van der Waals surface area contributed by atoms with E-state index in [1.807, 2.05) is 0 Å². The molecule has 2 heterocycles. The Morgan fingerprint density at radius 1 is 0.921 bits per heavy atom. The van der Waals surface area contributed by atoms with Gasteiger partial charge in [0.15, 0.2) is 0 Å². The quantitative estimate of drug-likeness (QED) is 0.366. The van der Waals surface area contributed by atoms with Gasteiger partial charge in [0.25, 0.3) is 0 Å². The van der Waals surface area contributed by atoms with Crippen LogP contribution in [-0.2, 0) is 6.18 Å². The Kier molecular flexibility index (Phi) is 7.32. The first-order chi connectivity index (χ1) is 18.0. The summed E-state index contributed by atoms with van der Waals surface area (Å²) in [5.74, 6) is -1.69. The Labute approximate surface area is 218 Å². The lowest BCUT2D eigenvalue weighted by atomic mass is 9.77. The van der Waals surface area contributed by atoms with Gasteiger partial charge < -0.3 is 4.74 Å². The third-order valence-corrected chi connectivity index (χ3v) is 8.86. The molecule has 2 aromatic rings. The zero-order chi connectivity index (χ0) is 27.2. The minimum Gasteiger partial charge on any atom is -0.490 e. The Bertz CT molecular complexity index is 1180. The summed E-state index contributed by atoms with van der Waals surface area (Å²) in [5.41, 5.74) is 0.0518. The molecular formula is C29H32F6N2O. The molecule has 9 heteroatoms. The van der Waals surface area contributed by atoms with Gasteiger partial charge in [0.1, 0.15) is 11.3 Å². The number of halogens is 6. The molecule has 0 amide bonds. The van der Waals surface area contributed by atoms with E-state index in [9.17, 15) is 31.6 Å². The highest BCUT2D eigenvalue weighted by atomic mass is 19.4. The van der Waals surface area contributed by atoms with Crippen LogP contribution < -0.4 is 4.74 Å². The molecule has 2 aromatic carbocycles. The van der Waals surface area contributed by atoms with Crippen LogP contribution in [0.5, 0.6) is 5.75 Å². The first kappa shape index (κ1) is 27.1. The van der Waals surface area contributed by atoms with Crippen molar-refractivity contribution in [2.24, 2.45) is 11.8 Å². The molecule has 3 nitrogen and oxygen atoms in total. The number of nitriles is 1. The monoisotopic (exact) mass is 538 g/mol. The van der Waals surface area contributed by atoms with E-state index in [0.717, 1.165) is 37.7 Å². The van der Waals surface area contributed by atoms with Crippen LogP contribution in [0.15, 0.2) is 30.3 Å². The largest absolute Gasteiger partial charge is 0.490 e. The Hall–Kier alpha value is -2.47. The normalized spacial score (nSPS) is 29.6. The molecule has 3 fully saturated rings. The molecule has 0 radical (unpaired) electrons. The summed E-state index contributed by atoms with van der Waals surface area (Å²) in [6.45, 7) is 2.08. The maximum atomic E-state index is 14.3. The van der Waals surface area contributed by atoms with Crippen LogP contribution in [0.1, 0.15) is 81.9 Å². The number of alkyl halides is 6. The molecule has 5 rings (SSSR count). The molecule has 3 unspecified atom stereocenters. The number of hydrogen-bond donors (Lipinski definition) is 0. The van der Waals surface area contributed by atoms with Crippen LogP contribution in [0.25, 0.3) is 10.8 Å². The lowest BCUT2D eigenvalue weighted by molar-refractivity contribution is -0.185. The van der Waals surface area contributed by atoms with Crippen LogP contribution in [0.3, 0.4) is 0 Å². The SMILES string of the molecule is CC(c1ccc2c(C(F)(F)F)c(OC3CCC(C(F)(F)F)CC3)ccc2c1)N1C2CCCC1CC(C#N)C2. The molecule has 0 N–H and O–H groups in total. The maximum absolute atomic E-state index is 14.3. The summed E-state index contributed by atoms with van der Waals surface area (Å²) in [5, 5.41) is 9.93.